The summed E-state index contributed by atoms with van der Waals surface area (Å²) in [4.78, 5) is 12.3. The van der Waals surface area contributed by atoms with Gasteiger partial charge in [-0.15, -0.1) is 0 Å². The van der Waals surface area contributed by atoms with Gasteiger partial charge in [0.15, 0.2) is 5.78 Å². The van der Waals surface area contributed by atoms with Crippen molar-refractivity contribution in [2.75, 3.05) is 13.6 Å². The van der Waals surface area contributed by atoms with Crippen LogP contribution in [0.25, 0.3) is 0 Å². The van der Waals surface area contributed by atoms with Crippen molar-refractivity contribution >= 4 is 5.78 Å². The van der Waals surface area contributed by atoms with Crippen LogP contribution in [-0.2, 0) is 4.79 Å². The number of hydrogen-bond acceptors (Lipinski definition) is 2. The monoisotopic (exact) mass is 110 g/mol. The van der Waals surface area contributed by atoms with E-state index < -0.39 is 0 Å². The Hall–Kier alpha value is -0.630. The normalized spacial score (nSPS) is 21.9. The number of ketones is 1. The zero-order chi connectivity index (χ0) is 5.98. The fourth-order valence-electron chi connectivity index (χ4n) is 0.648. The Morgan fingerprint density at radius 1 is 1.75 bits per heavy atom. The van der Waals surface area contributed by atoms with Gasteiger partial charge in [0, 0.05) is 6.54 Å². The van der Waals surface area contributed by atoms with Gasteiger partial charge < -0.3 is 0 Å². The van der Waals surface area contributed by atoms with Gasteiger partial charge in [0.1, 0.15) is 0 Å². The maximum atomic E-state index is 10.5. The summed E-state index contributed by atoms with van der Waals surface area (Å²) in [5, 5.41) is 0. The van der Waals surface area contributed by atoms with E-state index in [9.17, 15) is 4.79 Å². The number of likely N-dealkylation sites (N-methyl/N-ethyl adjacent to an activating group) is 1. The van der Waals surface area contributed by atoms with Crippen molar-refractivity contribution in [1.82, 2.24) is 4.90 Å². The van der Waals surface area contributed by atoms with E-state index in [1.165, 1.54) is 0 Å². The molecule has 0 unspecified atom stereocenters. The average molecular weight is 110 g/mol. The van der Waals surface area contributed by atoms with Crippen LogP contribution in [0.4, 0.5) is 0 Å². The minimum Gasteiger partial charge on any atom is -0.293 e. The van der Waals surface area contributed by atoms with Gasteiger partial charge in [0.25, 0.3) is 0 Å². The Balaban J connectivity index is 2.54. The maximum Gasteiger partial charge on any atom is 0.174 e. The van der Waals surface area contributed by atoms with Crippen molar-refractivity contribution in [2.24, 2.45) is 0 Å². The van der Waals surface area contributed by atoms with E-state index in [1.54, 1.807) is 12.6 Å². The lowest BCUT2D eigenvalue weighted by atomic mass is 10.2. The van der Waals surface area contributed by atoms with Gasteiger partial charge in [-0.2, -0.15) is 0 Å². The third-order valence-corrected chi connectivity index (χ3v) is 1.02. The molecule has 1 heterocycles. The van der Waals surface area contributed by atoms with Crippen LogP contribution in [-0.4, -0.2) is 24.3 Å². The quantitative estimate of drug-likeness (QED) is 0.444. The molecule has 0 N–H and O–H groups in total. The number of nitrogens with zero attached hydrogens (tertiary/aromatic N) is 1. The van der Waals surface area contributed by atoms with Crippen LogP contribution < -0.4 is 0 Å². The summed E-state index contributed by atoms with van der Waals surface area (Å²) in [5.74, 6) is 0.0822. The second-order valence-corrected chi connectivity index (χ2v) is 1.87. The molecule has 2 heteroatoms. The molecule has 0 amide bonds. The minimum atomic E-state index is 0.0822. The summed E-state index contributed by atoms with van der Waals surface area (Å²) >= 11 is 0. The highest BCUT2D eigenvalue weighted by atomic mass is 16.1. The predicted molar refractivity (Wildman–Crippen MR) is 31.1 cm³/mol. The van der Waals surface area contributed by atoms with Crippen molar-refractivity contribution in [3.8, 4) is 0 Å². The molecule has 1 aliphatic rings. The van der Waals surface area contributed by atoms with Crippen LogP contribution in [0.2, 0.25) is 0 Å². The highest BCUT2D eigenvalue weighted by Gasteiger charge is 2.06. The van der Waals surface area contributed by atoms with Crippen molar-refractivity contribution in [3.63, 3.8) is 0 Å². The van der Waals surface area contributed by atoms with Gasteiger partial charge in [0.05, 0.1) is 6.54 Å². The second kappa shape index (κ2) is 2.09. The first kappa shape index (κ1) is 5.51. The maximum absolute atomic E-state index is 10.5. The first-order chi connectivity index (χ1) is 3.79. The topological polar surface area (TPSA) is 20.3 Å². The highest BCUT2D eigenvalue weighted by Crippen LogP contribution is 1.97. The van der Waals surface area contributed by atoms with Gasteiger partial charge in [-0.25, -0.2) is 0 Å². The lowest BCUT2D eigenvalue weighted by Crippen LogP contribution is -2.22. The van der Waals surface area contributed by atoms with Gasteiger partial charge in [-0.1, -0.05) is 6.08 Å². The summed E-state index contributed by atoms with van der Waals surface area (Å²) < 4.78 is 0. The van der Waals surface area contributed by atoms with E-state index in [0.717, 1.165) is 6.54 Å². The molecule has 0 fully saturated rings. The molecule has 1 radical (unpaired) electrons. The fourth-order valence-corrected chi connectivity index (χ4v) is 0.648. The van der Waals surface area contributed by atoms with Crippen LogP contribution in [0.5, 0.6) is 0 Å². The molecule has 8 heavy (non-hydrogen) atoms. The molecule has 43 valence electrons. The molecule has 0 bridgehead atoms. The Bertz CT molecular complexity index is 128. The molecule has 0 saturated heterocycles. The summed E-state index contributed by atoms with van der Waals surface area (Å²) in [6, 6.07) is 0. The zero-order valence-corrected chi connectivity index (χ0v) is 4.79. The second-order valence-electron chi connectivity index (χ2n) is 1.87. The standard InChI is InChI=1S/C6H8NO/c1-7-4-2-3-6(8)5-7/h2-3,5H,4H2,1H3. The first-order valence-corrected chi connectivity index (χ1v) is 2.54. The third kappa shape index (κ3) is 1.17. The largest absolute Gasteiger partial charge is 0.293 e. The van der Waals surface area contributed by atoms with E-state index in [4.69, 9.17) is 0 Å². The van der Waals surface area contributed by atoms with E-state index in [1.807, 2.05) is 18.0 Å². The lowest BCUT2D eigenvalue weighted by molar-refractivity contribution is -0.113. The van der Waals surface area contributed by atoms with Crippen molar-refractivity contribution in [3.05, 3.63) is 18.7 Å². The van der Waals surface area contributed by atoms with Crippen molar-refractivity contribution < 1.29 is 4.79 Å². The molecule has 0 aliphatic carbocycles. The van der Waals surface area contributed by atoms with Crippen molar-refractivity contribution in [2.45, 2.75) is 0 Å². The van der Waals surface area contributed by atoms with Crippen LogP contribution in [0.3, 0.4) is 0 Å². The SMILES string of the molecule is CN1[CH]C(=O)C=CC1. The average Bonchev–Trinajstić information content (AvgIpc) is 1.64. The number of hydrogen-bond donors (Lipinski definition) is 0. The van der Waals surface area contributed by atoms with Crippen molar-refractivity contribution in [1.29, 1.82) is 0 Å². The molecule has 0 atom stereocenters. The Morgan fingerprint density at radius 2 is 2.50 bits per heavy atom. The molecule has 1 rings (SSSR count). The summed E-state index contributed by atoms with van der Waals surface area (Å²) in [6.07, 6.45) is 3.43. The predicted octanol–water partition coefficient (Wildman–Crippen LogP) is 0.219. The molecule has 0 saturated carbocycles. The van der Waals surface area contributed by atoms with Crippen LogP contribution in [0.15, 0.2) is 12.2 Å². The van der Waals surface area contributed by atoms with Gasteiger partial charge in [-0.3, -0.25) is 9.69 Å². The smallest absolute Gasteiger partial charge is 0.174 e. The van der Waals surface area contributed by atoms with Crippen LogP contribution >= 0.6 is 0 Å². The molecule has 2 nitrogen and oxygen atoms in total. The Labute approximate surface area is 48.8 Å². The molecular formula is C6H8NO. The summed E-state index contributed by atoms with van der Waals surface area (Å²) in [5.41, 5.74) is 0. The van der Waals surface area contributed by atoms with E-state index in [0.29, 0.717) is 0 Å². The Kier molecular flexibility index (Phi) is 1.44. The number of carbonyl (C=O) groups excluding carboxylic acids is 1. The first-order valence-electron chi connectivity index (χ1n) is 2.54. The molecule has 0 spiro atoms. The summed E-state index contributed by atoms with van der Waals surface area (Å²) in [7, 11) is 1.88. The molecule has 0 aromatic carbocycles. The molecule has 0 aromatic heterocycles. The van der Waals surface area contributed by atoms with Crippen LogP contribution in [0.1, 0.15) is 0 Å². The highest BCUT2D eigenvalue weighted by molar-refractivity contribution is 5.97. The fraction of sp³-hybridized carbons (Fsp3) is 0.333. The molecular weight excluding hydrogens is 102 g/mol. The van der Waals surface area contributed by atoms with E-state index >= 15 is 0 Å². The van der Waals surface area contributed by atoms with Crippen LogP contribution in [0, 0.1) is 6.54 Å². The van der Waals surface area contributed by atoms with Gasteiger partial charge >= 0.3 is 0 Å². The lowest BCUT2D eigenvalue weighted by Gasteiger charge is -2.13. The molecule has 0 aromatic rings. The van der Waals surface area contributed by atoms with Gasteiger partial charge in [0.2, 0.25) is 0 Å². The third-order valence-electron chi connectivity index (χ3n) is 1.02. The van der Waals surface area contributed by atoms with Gasteiger partial charge in [-0.05, 0) is 13.1 Å². The minimum absolute atomic E-state index is 0.0822. The summed E-state index contributed by atoms with van der Waals surface area (Å²) in [6.45, 7) is 2.44. The number of rotatable bonds is 0. The number of carbonyl (C=O) groups is 1. The Morgan fingerprint density at radius 3 is 2.88 bits per heavy atom. The van der Waals surface area contributed by atoms with E-state index in [-0.39, 0.29) is 5.78 Å². The van der Waals surface area contributed by atoms with E-state index in [2.05, 4.69) is 0 Å². The molecule has 1 aliphatic heterocycles. The zero-order valence-electron chi connectivity index (χ0n) is 4.79.